The number of rotatable bonds is 6. The van der Waals surface area contributed by atoms with E-state index in [0.717, 1.165) is 78.7 Å². The maximum Gasteiger partial charge on any atom is 0.226 e. The Balaban J connectivity index is 1.12. The Morgan fingerprint density at radius 2 is 1.91 bits per heavy atom. The number of methoxy groups -OCH3 is 1. The molecule has 1 saturated heterocycles. The highest BCUT2D eigenvalue weighted by molar-refractivity contribution is 5.83. The summed E-state index contributed by atoms with van der Waals surface area (Å²) in [6.07, 6.45) is 3.18. The maximum atomic E-state index is 6.06. The van der Waals surface area contributed by atoms with E-state index in [-0.39, 0.29) is 6.10 Å². The van der Waals surface area contributed by atoms with E-state index in [1.54, 1.807) is 7.11 Å². The van der Waals surface area contributed by atoms with Crippen LogP contribution < -0.4 is 24.4 Å². The number of nitrogens with zero attached hydrogens (tertiary/aromatic N) is 3. The topological polar surface area (TPSA) is 68.7 Å². The normalized spacial score (nSPS) is 18.7. The Kier molecular flexibility index (Phi) is 5.99. The number of hydrogen-bond acceptors (Lipinski definition) is 7. The van der Waals surface area contributed by atoms with Crippen molar-refractivity contribution < 1.29 is 14.2 Å². The highest BCUT2D eigenvalue weighted by Gasteiger charge is 2.23. The van der Waals surface area contributed by atoms with Crippen molar-refractivity contribution >= 4 is 16.9 Å². The molecule has 3 heterocycles. The van der Waals surface area contributed by atoms with Crippen molar-refractivity contribution in [2.45, 2.75) is 38.3 Å². The van der Waals surface area contributed by atoms with Crippen LogP contribution in [0.15, 0.2) is 42.5 Å². The Labute approximate surface area is 188 Å². The number of anilines is 1. The molecule has 5 rings (SSSR count). The number of hydrogen-bond donors (Lipinski definition) is 1. The Bertz CT molecular complexity index is 1080. The Morgan fingerprint density at radius 1 is 1.09 bits per heavy atom. The first-order valence-corrected chi connectivity index (χ1v) is 11.4. The number of para-hydroxylation sites is 2. The van der Waals surface area contributed by atoms with E-state index in [0.29, 0.717) is 12.6 Å². The number of piperidine rings is 1. The van der Waals surface area contributed by atoms with Crippen LogP contribution in [0.5, 0.6) is 17.2 Å². The van der Waals surface area contributed by atoms with Gasteiger partial charge in [-0.05, 0) is 50.6 Å². The zero-order chi connectivity index (χ0) is 21.9. The van der Waals surface area contributed by atoms with Crippen molar-refractivity contribution in [1.82, 2.24) is 15.3 Å². The van der Waals surface area contributed by atoms with Gasteiger partial charge in [0.2, 0.25) is 5.95 Å². The molecule has 0 unspecified atom stereocenters. The molecule has 1 atom stereocenters. The quantitative estimate of drug-likeness (QED) is 0.634. The minimum atomic E-state index is 0.100. The lowest BCUT2D eigenvalue weighted by molar-refractivity contribution is 0.0841. The molecule has 0 radical (unpaired) electrons. The fourth-order valence-electron chi connectivity index (χ4n) is 4.46. The zero-order valence-electron chi connectivity index (χ0n) is 18.7. The lowest BCUT2D eigenvalue weighted by atomic mass is 10.0. The van der Waals surface area contributed by atoms with Crippen LogP contribution in [0.4, 0.5) is 5.95 Å². The zero-order valence-corrected chi connectivity index (χ0v) is 18.7. The molecule has 0 amide bonds. The number of nitrogens with one attached hydrogen (secondary N) is 1. The molecule has 2 aliphatic rings. The second kappa shape index (κ2) is 9.20. The summed E-state index contributed by atoms with van der Waals surface area (Å²) in [5.74, 6) is 3.32. The van der Waals surface area contributed by atoms with E-state index in [4.69, 9.17) is 24.2 Å². The second-order valence-electron chi connectivity index (χ2n) is 8.49. The molecular weight excluding hydrogens is 404 g/mol. The monoisotopic (exact) mass is 434 g/mol. The van der Waals surface area contributed by atoms with E-state index >= 15 is 0 Å². The lowest BCUT2D eigenvalue weighted by Crippen LogP contribution is -2.44. The van der Waals surface area contributed by atoms with E-state index < -0.39 is 0 Å². The van der Waals surface area contributed by atoms with E-state index in [9.17, 15) is 0 Å². The maximum absolute atomic E-state index is 6.06. The van der Waals surface area contributed by atoms with Crippen molar-refractivity contribution in [1.29, 1.82) is 0 Å². The molecule has 0 spiro atoms. The second-order valence-corrected chi connectivity index (χ2v) is 8.49. The molecule has 2 aliphatic heterocycles. The van der Waals surface area contributed by atoms with Crippen LogP contribution in [0.1, 0.15) is 25.0 Å². The molecule has 7 nitrogen and oxygen atoms in total. The van der Waals surface area contributed by atoms with Gasteiger partial charge in [0, 0.05) is 37.0 Å². The largest absolute Gasteiger partial charge is 0.497 e. The first-order valence-electron chi connectivity index (χ1n) is 11.4. The van der Waals surface area contributed by atoms with Gasteiger partial charge in [0.05, 0.1) is 18.3 Å². The third-order valence-electron chi connectivity index (χ3n) is 6.33. The van der Waals surface area contributed by atoms with Gasteiger partial charge >= 0.3 is 0 Å². The van der Waals surface area contributed by atoms with Crippen molar-refractivity contribution in [3.8, 4) is 17.2 Å². The van der Waals surface area contributed by atoms with Gasteiger partial charge in [-0.1, -0.05) is 12.1 Å². The van der Waals surface area contributed by atoms with Crippen molar-refractivity contribution in [3.05, 3.63) is 48.2 Å². The molecule has 1 fully saturated rings. The first kappa shape index (κ1) is 20.8. The smallest absolute Gasteiger partial charge is 0.226 e. The van der Waals surface area contributed by atoms with Gasteiger partial charge in [0.25, 0.3) is 0 Å². The summed E-state index contributed by atoms with van der Waals surface area (Å²) in [7, 11) is 1.68. The molecule has 168 valence electrons. The van der Waals surface area contributed by atoms with Gasteiger partial charge in [-0.3, -0.25) is 0 Å². The van der Waals surface area contributed by atoms with Crippen molar-refractivity contribution in [2.24, 2.45) is 0 Å². The molecule has 3 aromatic rings. The average molecular weight is 435 g/mol. The van der Waals surface area contributed by atoms with Gasteiger partial charge in [0.1, 0.15) is 18.5 Å². The fourth-order valence-corrected chi connectivity index (χ4v) is 4.46. The minimum absolute atomic E-state index is 0.100. The standard InChI is InChI=1S/C25H30N4O3/c1-17-21-8-7-19(30-2)15-22(21)28-25(27-17)29-13-10-18(11-14-29)26-12-9-20-16-31-23-5-3-4-6-24(23)32-20/h3-8,15,18,20,26H,9-14,16H2,1-2H3/t20-/m1/s1. The summed E-state index contributed by atoms with van der Waals surface area (Å²) in [6, 6.07) is 14.3. The number of aromatic nitrogens is 2. The summed E-state index contributed by atoms with van der Waals surface area (Å²) >= 11 is 0. The predicted molar refractivity (Wildman–Crippen MR) is 125 cm³/mol. The van der Waals surface area contributed by atoms with Gasteiger partial charge < -0.3 is 24.4 Å². The third kappa shape index (κ3) is 4.43. The van der Waals surface area contributed by atoms with Gasteiger partial charge in [0.15, 0.2) is 11.5 Å². The molecule has 0 bridgehead atoms. The molecular formula is C25H30N4O3. The van der Waals surface area contributed by atoms with Crippen LogP contribution in [0.25, 0.3) is 10.9 Å². The molecule has 2 aromatic carbocycles. The number of benzene rings is 2. The highest BCUT2D eigenvalue weighted by Crippen LogP contribution is 2.31. The third-order valence-corrected chi connectivity index (χ3v) is 6.33. The molecule has 0 saturated carbocycles. The van der Waals surface area contributed by atoms with Crippen molar-refractivity contribution in [2.75, 3.05) is 38.3 Å². The number of ether oxygens (including phenoxy) is 3. The van der Waals surface area contributed by atoms with Crippen LogP contribution in [-0.2, 0) is 0 Å². The molecule has 0 aliphatic carbocycles. The molecule has 32 heavy (non-hydrogen) atoms. The fraction of sp³-hybridized carbons (Fsp3) is 0.440. The van der Waals surface area contributed by atoms with Crippen LogP contribution in [0.3, 0.4) is 0 Å². The highest BCUT2D eigenvalue weighted by atomic mass is 16.6. The molecule has 1 N–H and O–H groups in total. The van der Waals surface area contributed by atoms with Crippen LogP contribution in [0, 0.1) is 6.92 Å². The summed E-state index contributed by atoms with van der Waals surface area (Å²) in [5.41, 5.74) is 1.94. The van der Waals surface area contributed by atoms with E-state index in [1.165, 1.54) is 0 Å². The minimum Gasteiger partial charge on any atom is -0.497 e. The Hall–Kier alpha value is -3.06. The van der Waals surface area contributed by atoms with E-state index in [1.807, 2.05) is 49.4 Å². The van der Waals surface area contributed by atoms with Crippen LogP contribution >= 0.6 is 0 Å². The summed E-state index contributed by atoms with van der Waals surface area (Å²) in [5, 5.41) is 4.77. The number of fused-ring (bicyclic) bond motifs is 2. The predicted octanol–water partition coefficient (Wildman–Crippen LogP) is 3.74. The molecule has 1 aromatic heterocycles. The SMILES string of the molecule is COc1ccc2c(C)nc(N3CCC(NCC[C@@H]4COc5ccccc5O4)CC3)nc2c1. The van der Waals surface area contributed by atoms with E-state index in [2.05, 4.69) is 10.2 Å². The first-order chi connectivity index (χ1) is 15.7. The van der Waals surface area contributed by atoms with Crippen LogP contribution in [0.2, 0.25) is 0 Å². The van der Waals surface area contributed by atoms with Crippen molar-refractivity contribution in [3.63, 3.8) is 0 Å². The van der Waals surface area contributed by atoms with Gasteiger partial charge in [-0.15, -0.1) is 0 Å². The average Bonchev–Trinajstić information content (AvgIpc) is 2.84. The molecule has 7 heteroatoms. The van der Waals surface area contributed by atoms with Gasteiger partial charge in [-0.25, -0.2) is 9.97 Å². The lowest BCUT2D eigenvalue weighted by Gasteiger charge is -2.33. The number of aryl methyl sites for hydroxylation is 1. The van der Waals surface area contributed by atoms with Gasteiger partial charge in [-0.2, -0.15) is 0 Å². The summed E-state index contributed by atoms with van der Waals surface area (Å²) < 4.78 is 17.2. The Morgan fingerprint density at radius 3 is 2.72 bits per heavy atom. The van der Waals surface area contributed by atoms with Crippen LogP contribution in [-0.4, -0.2) is 55.5 Å². The summed E-state index contributed by atoms with van der Waals surface area (Å²) in [6.45, 7) is 5.47. The summed E-state index contributed by atoms with van der Waals surface area (Å²) in [4.78, 5) is 11.9.